The zero-order chi connectivity index (χ0) is 24.8. The zero-order valence-electron chi connectivity index (χ0n) is 20.1. The third-order valence-electron chi connectivity index (χ3n) is 6.52. The minimum Gasteiger partial charge on any atom is -0.483 e. The molecule has 2 aromatic carbocycles. The van der Waals surface area contributed by atoms with Gasteiger partial charge in [-0.3, -0.25) is 9.59 Å². The number of rotatable bonds is 8. The van der Waals surface area contributed by atoms with Crippen molar-refractivity contribution >= 4 is 35.0 Å². The molecule has 8 heteroatoms. The van der Waals surface area contributed by atoms with Crippen molar-refractivity contribution in [3.05, 3.63) is 56.6 Å². The fourth-order valence-corrected chi connectivity index (χ4v) is 4.51. The Morgan fingerprint density at radius 2 is 1.12 bits per heavy atom. The first-order valence-electron chi connectivity index (χ1n) is 11.5. The summed E-state index contributed by atoms with van der Waals surface area (Å²) in [6, 6.07) is 6.76. The normalized spacial score (nSPS) is 17.7. The van der Waals surface area contributed by atoms with Gasteiger partial charge in [0, 0.05) is 22.1 Å². The lowest BCUT2D eigenvalue weighted by Crippen LogP contribution is -2.54. The summed E-state index contributed by atoms with van der Waals surface area (Å²) >= 11 is 12.3. The van der Waals surface area contributed by atoms with Gasteiger partial charge in [0.2, 0.25) is 0 Å². The second-order valence-corrected chi connectivity index (χ2v) is 9.62. The minimum absolute atomic E-state index is 0.0998. The number of nitrogens with one attached hydrogen (secondary N) is 2. The molecule has 2 amide bonds. The summed E-state index contributed by atoms with van der Waals surface area (Å²) in [5, 5.41) is 7.39. The molecule has 34 heavy (non-hydrogen) atoms. The summed E-state index contributed by atoms with van der Waals surface area (Å²) in [5.74, 6) is 0.828. The predicted molar refractivity (Wildman–Crippen MR) is 135 cm³/mol. The molecule has 2 atom stereocenters. The van der Waals surface area contributed by atoms with Crippen LogP contribution < -0.4 is 20.1 Å². The molecule has 0 aromatic heterocycles. The van der Waals surface area contributed by atoms with Gasteiger partial charge in [0.1, 0.15) is 11.5 Å². The van der Waals surface area contributed by atoms with Crippen LogP contribution in [0.4, 0.5) is 0 Å². The van der Waals surface area contributed by atoms with Gasteiger partial charge in [-0.1, -0.05) is 36.0 Å². The lowest BCUT2D eigenvalue weighted by molar-refractivity contribution is -0.127. The molecule has 2 N–H and O–H groups in total. The predicted octanol–water partition coefficient (Wildman–Crippen LogP) is 5.23. The van der Waals surface area contributed by atoms with Crippen molar-refractivity contribution in [2.24, 2.45) is 0 Å². The third kappa shape index (κ3) is 6.57. The first-order valence-corrected chi connectivity index (χ1v) is 12.3. The number of amides is 2. The Bertz CT molecular complexity index is 974. The average molecular weight is 507 g/mol. The Morgan fingerprint density at radius 1 is 0.735 bits per heavy atom. The molecule has 1 fully saturated rings. The van der Waals surface area contributed by atoms with Crippen LogP contribution in [0, 0.1) is 27.7 Å². The van der Waals surface area contributed by atoms with Crippen molar-refractivity contribution in [2.75, 3.05) is 13.2 Å². The molecule has 3 rings (SSSR count). The zero-order valence-corrected chi connectivity index (χ0v) is 21.6. The van der Waals surface area contributed by atoms with E-state index >= 15 is 0 Å². The number of hydrogen-bond donors (Lipinski definition) is 2. The highest BCUT2D eigenvalue weighted by Crippen LogP contribution is 2.28. The van der Waals surface area contributed by atoms with Gasteiger partial charge >= 0.3 is 0 Å². The SMILES string of the molecule is Cc1c(Cl)ccc(OCC(=O)N[C@@H]2CCCC[C@H]2NC(=O)COc2ccc(Cl)c(C)c2C)c1C. The molecule has 0 spiro atoms. The lowest BCUT2D eigenvalue weighted by atomic mass is 9.90. The molecule has 1 aliphatic rings. The smallest absolute Gasteiger partial charge is 0.258 e. The van der Waals surface area contributed by atoms with Gasteiger partial charge in [0.05, 0.1) is 0 Å². The monoisotopic (exact) mass is 506 g/mol. The van der Waals surface area contributed by atoms with Crippen LogP contribution >= 0.6 is 23.2 Å². The van der Waals surface area contributed by atoms with Gasteiger partial charge < -0.3 is 20.1 Å². The van der Waals surface area contributed by atoms with E-state index in [1.165, 1.54) is 0 Å². The van der Waals surface area contributed by atoms with Crippen LogP contribution in [0.2, 0.25) is 10.0 Å². The molecule has 0 bridgehead atoms. The molecular weight excluding hydrogens is 475 g/mol. The van der Waals surface area contributed by atoms with Crippen molar-refractivity contribution in [3.8, 4) is 11.5 Å². The number of carbonyl (C=O) groups is 2. The number of benzene rings is 2. The van der Waals surface area contributed by atoms with Crippen molar-refractivity contribution in [2.45, 2.75) is 65.5 Å². The maximum Gasteiger partial charge on any atom is 0.258 e. The van der Waals surface area contributed by atoms with Crippen molar-refractivity contribution < 1.29 is 19.1 Å². The van der Waals surface area contributed by atoms with E-state index in [1.807, 2.05) is 27.7 Å². The van der Waals surface area contributed by atoms with Crippen LogP contribution in [0.1, 0.15) is 47.9 Å². The minimum atomic E-state index is -0.221. The Balaban J connectivity index is 1.51. The fourth-order valence-electron chi connectivity index (χ4n) is 4.10. The molecule has 184 valence electrons. The quantitative estimate of drug-likeness (QED) is 0.513. The van der Waals surface area contributed by atoms with E-state index in [0.29, 0.717) is 21.5 Å². The van der Waals surface area contributed by atoms with Crippen LogP contribution in [-0.2, 0) is 9.59 Å². The average Bonchev–Trinajstić information content (AvgIpc) is 2.81. The van der Waals surface area contributed by atoms with Crippen molar-refractivity contribution in [3.63, 3.8) is 0 Å². The summed E-state index contributed by atoms with van der Waals surface area (Å²) in [4.78, 5) is 25.2. The number of ether oxygens (including phenoxy) is 2. The fraction of sp³-hybridized carbons (Fsp3) is 0.462. The van der Waals surface area contributed by atoms with Crippen LogP contribution in [-0.4, -0.2) is 37.1 Å². The second kappa shape index (κ2) is 11.8. The van der Waals surface area contributed by atoms with Gasteiger partial charge in [-0.15, -0.1) is 0 Å². The summed E-state index contributed by atoms with van der Waals surface area (Å²) in [5.41, 5.74) is 3.69. The van der Waals surface area contributed by atoms with Crippen LogP contribution in [0.15, 0.2) is 24.3 Å². The maximum atomic E-state index is 12.6. The van der Waals surface area contributed by atoms with E-state index in [-0.39, 0.29) is 37.1 Å². The summed E-state index contributed by atoms with van der Waals surface area (Å²) in [6.45, 7) is 7.46. The highest BCUT2D eigenvalue weighted by Gasteiger charge is 2.28. The second-order valence-electron chi connectivity index (χ2n) is 8.80. The van der Waals surface area contributed by atoms with E-state index < -0.39 is 0 Å². The molecular formula is C26H32Cl2N2O4. The van der Waals surface area contributed by atoms with Crippen molar-refractivity contribution in [1.29, 1.82) is 0 Å². The van der Waals surface area contributed by atoms with Crippen LogP contribution in [0.25, 0.3) is 0 Å². The maximum absolute atomic E-state index is 12.6. The molecule has 2 aromatic rings. The summed E-state index contributed by atoms with van der Waals surface area (Å²) in [6.07, 6.45) is 3.58. The Kier molecular flexibility index (Phi) is 9.09. The summed E-state index contributed by atoms with van der Waals surface area (Å²) < 4.78 is 11.4. The Hall–Kier alpha value is -2.44. The highest BCUT2D eigenvalue weighted by atomic mass is 35.5. The molecule has 1 saturated carbocycles. The molecule has 6 nitrogen and oxygen atoms in total. The van der Waals surface area contributed by atoms with E-state index in [4.69, 9.17) is 32.7 Å². The first kappa shape index (κ1) is 26.2. The molecule has 0 unspecified atom stereocenters. The molecule has 1 aliphatic carbocycles. The van der Waals surface area contributed by atoms with E-state index in [1.54, 1.807) is 24.3 Å². The number of hydrogen-bond acceptors (Lipinski definition) is 4. The number of halogens is 2. The summed E-state index contributed by atoms with van der Waals surface area (Å²) in [7, 11) is 0. The standard InChI is InChI=1S/C26H32Cl2N2O4/c1-15-17(3)23(11-9-19(15)27)33-13-25(31)29-21-7-5-6-8-22(21)30-26(32)14-34-24-12-10-20(28)16(2)18(24)4/h9-12,21-22H,5-8,13-14H2,1-4H3,(H,29,31)(H,30,32)/t21-,22-/m1/s1. The van der Waals surface area contributed by atoms with E-state index in [9.17, 15) is 9.59 Å². The largest absolute Gasteiger partial charge is 0.483 e. The third-order valence-corrected chi connectivity index (χ3v) is 7.34. The number of carbonyl (C=O) groups excluding carboxylic acids is 2. The topological polar surface area (TPSA) is 76.7 Å². The van der Waals surface area contributed by atoms with Crippen molar-refractivity contribution in [1.82, 2.24) is 10.6 Å². The Labute approximate surface area is 211 Å². The van der Waals surface area contributed by atoms with E-state index in [0.717, 1.165) is 47.9 Å². The van der Waals surface area contributed by atoms with Gasteiger partial charge in [-0.25, -0.2) is 0 Å². The van der Waals surface area contributed by atoms with Gasteiger partial charge in [0.15, 0.2) is 13.2 Å². The van der Waals surface area contributed by atoms with Gasteiger partial charge in [0.25, 0.3) is 11.8 Å². The van der Waals surface area contributed by atoms with Gasteiger partial charge in [-0.05, 0) is 87.1 Å². The highest BCUT2D eigenvalue weighted by molar-refractivity contribution is 6.31. The lowest BCUT2D eigenvalue weighted by Gasteiger charge is -2.32. The van der Waals surface area contributed by atoms with Crippen LogP contribution in [0.3, 0.4) is 0 Å². The molecule has 0 heterocycles. The van der Waals surface area contributed by atoms with E-state index in [2.05, 4.69) is 10.6 Å². The molecule has 0 aliphatic heterocycles. The molecule has 0 radical (unpaired) electrons. The first-order chi connectivity index (χ1) is 16.2. The van der Waals surface area contributed by atoms with Crippen LogP contribution in [0.5, 0.6) is 11.5 Å². The molecule has 0 saturated heterocycles. The van der Waals surface area contributed by atoms with Gasteiger partial charge in [-0.2, -0.15) is 0 Å². The Morgan fingerprint density at radius 3 is 1.50 bits per heavy atom.